The number of hydrogen-bond donors (Lipinski definition) is 1. The van der Waals surface area contributed by atoms with Gasteiger partial charge in [0.2, 0.25) is 0 Å². The summed E-state index contributed by atoms with van der Waals surface area (Å²) in [5.74, 6) is -0.322. The van der Waals surface area contributed by atoms with Crippen molar-refractivity contribution < 1.29 is 18.3 Å². The molecule has 0 aliphatic carbocycles. The van der Waals surface area contributed by atoms with Crippen molar-refractivity contribution in [2.45, 2.75) is 51.6 Å². The minimum Gasteiger partial charge on any atom is -0.468 e. The molecule has 114 valence electrons. The zero-order valence-electron chi connectivity index (χ0n) is 12.5. The summed E-state index contributed by atoms with van der Waals surface area (Å²) in [5, 5.41) is 3.18. The number of carbonyl (C=O) groups excluding carboxylic acids is 1. The van der Waals surface area contributed by atoms with Crippen LogP contribution < -0.4 is 5.32 Å². The van der Waals surface area contributed by atoms with E-state index >= 15 is 0 Å². The van der Waals surface area contributed by atoms with E-state index in [1.165, 1.54) is 7.11 Å². The Bertz CT molecular complexity index is 275. The van der Waals surface area contributed by atoms with E-state index in [9.17, 15) is 13.6 Å². The van der Waals surface area contributed by atoms with Crippen molar-refractivity contribution in [1.29, 1.82) is 0 Å². The van der Waals surface area contributed by atoms with Gasteiger partial charge in [-0.05, 0) is 47.2 Å². The van der Waals surface area contributed by atoms with E-state index in [0.29, 0.717) is 19.4 Å². The number of hydrogen-bond acceptors (Lipinski definition) is 4. The Kier molecular flexibility index (Phi) is 8.09. The third-order valence-electron chi connectivity index (χ3n) is 2.91. The highest BCUT2D eigenvalue weighted by Gasteiger charge is 2.34. The van der Waals surface area contributed by atoms with E-state index in [4.69, 9.17) is 4.74 Å². The topological polar surface area (TPSA) is 41.6 Å². The first-order chi connectivity index (χ1) is 8.71. The monoisotopic (exact) mass is 280 g/mol. The van der Waals surface area contributed by atoms with Crippen molar-refractivity contribution in [3.05, 3.63) is 0 Å². The van der Waals surface area contributed by atoms with Crippen molar-refractivity contribution in [3.63, 3.8) is 0 Å². The van der Waals surface area contributed by atoms with Gasteiger partial charge in [-0.1, -0.05) is 0 Å². The number of rotatable bonds is 9. The molecule has 0 aliphatic rings. The molecule has 0 fully saturated rings. The maximum Gasteiger partial charge on any atom is 0.325 e. The number of halogens is 2. The average molecular weight is 280 g/mol. The lowest BCUT2D eigenvalue weighted by Gasteiger charge is -2.30. The minimum atomic E-state index is -2.33. The van der Waals surface area contributed by atoms with Gasteiger partial charge < -0.3 is 9.64 Å². The normalized spacial score (nSPS) is 15.1. The maximum atomic E-state index is 12.2. The Balaban J connectivity index is 4.31. The summed E-state index contributed by atoms with van der Waals surface area (Å²) in [6, 6.07) is 0.142. The Morgan fingerprint density at radius 1 is 1.42 bits per heavy atom. The van der Waals surface area contributed by atoms with Gasteiger partial charge in [0.25, 0.3) is 6.43 Å². The van der Waals surface area contributed by atoms with Crippen molar-refractivity contribution >= 4 is 5.97 Å². The lowest BCUT2D eigenvalue weighted by molar-refractivity contribution is -0.148. The van der Waals surface area contributed by atoms with Gasteiger partial charge in [0.05, 0.1) is 13.7 Å². The van der Waals surface area contributed by atoms with E-state index in [1.807, 2.05) is 13.8 Å². The van der Waals surface area contributed by atoms with Crippen LogP contribution in [0.1, 0.15) is 33.6 Å². The number of nitrogens with one attached hydrogen (secondary N) is 1. The van der Waals surface area contributed by atoms with Crippen molar-refractivity contribution in [1.82, 2.24) is 10.2 Å². The van der Waals surface area contributed by atoms with Gasteiger partial charge in [-0.2, -0.15) is 0 Å². The summed E-state index contributed by atoms with van der Waals surface area (Å²) >= 11 is 0. The molecule has 0 aromatic carbocycles. The second-order valence-electron chi connectivity index (χ2n) is 5.38. The lowest BCUT2D eigenvalue weighted by atomic mass is 9.94. The zero-order chi connectivity index (χ0) is 15.1. The molecule has 0 amide bonds. The van der Waals surface area contributed by atoms with E-state index in [0.717, 1.165) is 0 Å². The van der Waals surface area contributed by atoms with Gasteiger partial charge in [0.15, 0.2) is 0 Å². The molecule has 0 saturated heterocycles. The fourth-order valence-electron chi connectivity index (χ4n) is 2.12. The fourth-order valence-corrected chi connectivity index (χ4v) is 2.12. The summed E-state index contributed by atoms with van der Waals surface area (Å²) < 4.78 is 29.1. The molecule has 0 aromatic heterocycles. The largest absolute Gasteiger partial charge is 0.468 e. The van der Waals surface area contributed by atoms with Crippen LogP contribution in [0.4, 0.5) is 8.78 Å². The molecule has 0 rings (SSSR count). The highest BCUT2D eigenvalue weighted by Crippen LogP contribution is 2.16. The molecule has 6 heteroatoms. The van der Waals surface area contributed by atoms with Gasteiger partial charge in [-0.3, -0.25) is 10.1 Å². The average Bonchev–Trinajstić information content (AvgIpc) is 2.25. The second-order valence-corrected chi connectivity index (χ2v) is 5.38. The molecule has 1 unspecified atom stereocenters. The Morgan fingerprint density at radius 3 is 2.42 bits per heavy atom. The quantitative estimate of drug-likeness (QED) is 0.655. The predicted molar refractivity (Wildman–Crippen MR) is 71.4 cm³/mol. The Morgan fingerprint density at radius 2 is 2.00 bits per heavy atom. The van der Waals surface area contributed by atoms with Crippen molar-refractivity contribution in [3.8, 4) is 0 Å². The van der Waals surface area contributed by atoms with Crippen LogP contribution in [-0.4, -0.2) is 56.1 Å². The Hall–Kier alpha value is -0.750. The van der Waals surface area contributed by atoms with Crippen LogP contribution in [0.15, 0.2) is 0 Å². The molecule has 4 nitrogen and oxygen atoms in total. The van der Waals surface area contributed by atoms with Crippen LogP contribution in [0, 0.1) is 0 Å². The molecule has 0 saturated carbocycles. The number of carbonyl (C=O) groups is 1. The first-order valence-electron chi connectivity index (χ1n) is 6.54. The van der Waals surface area contributed by atoms with Gasteiger partial charge >= 0.3 is 5.97 Å². The molecule has 0 radical (unpaired) electrons. The summed E-state index contributed by atoms with van der Waals surface area (Å²) in [7, 11) is 3.00. The van der Waals surface area contributed by atoms with Gasteiger partial charge in [0.1, 0.15) is 5.54 Å². The Labute approximate surface area is 114 Å². The number of nitrogens with zero attached hydrogens (tertiary/aromatic N) is 1. The molecular formula is C13H26F2N2O2. The zero-order valence-corrected chi connectivity index (χ0v) is 12.5. The van der Waals surface area contributed by atoms with E-state index in [2.05, 4.69) is 5.32 Å². The van der Waals surface area contributed by atoms with Crippen LogP contribution in [0.2, 0.25) is 0 Å². The molecule has 0 heterocycles. The summed E-state index contributed by atoms with van der Waals surface area (Å²) in [5.41, 5.74) is -0.769. The number of methoxy groups -OCH3 is 1. The molecule has 1 atom stereocenters. The number of esters is 1. The smallest absolute Gasteiger partial charge is 0.325 e. The molecule has 0 aliphatic heterocycles. The first-order valence-corrected chi connectivity index (χ1v) is 6.54. The van der Waals surface area contributed by atoms with Crippen LogP contribution in [-0.2, 0) is 9.53 Å². The highest BCUT2D eigenvalue weighted by atomic mass is 19.3. The van der Waals surface area contributed by atoms with E-state index in [1.54, 1.807) is 18.9 Å². The minimum absolute atomic E-state index is 0.142. The van der Waals surface area contributed by atoms with Gasteiger partial charge in [-0.15, -0.1) is 0 Å². The van der Waals surface area contributed by atoms with Crippen molar-refractivity contribution in [2.75, 3.05) is 27.2 Å². The molecule has 0 aromatic rings. The maximum absolute atomic E-state index is 12.2. The summed E-state index contributed by atoms with van der Waals surface area (Å²) in [6.45, 7) is 5.96. The van der Waals surface area contributed by atoms with Crippen LogP contribution in [0.3, 0.4) is 0 Å². The fraction of sp³-hybridized carbons (Fsp3) is 0.923. The summed E-state index contributed by atoms with van der Waals surface area (Å²) in [4.78, 5) is 13.4. The third-order valence-corrected chi connectivity index (χ3v) is 2.91. The van der Waals surface area contributed by atoms with Gasteiger partial charge in [-0.25, -0.2) is 8.78 Å². The standard InChI is InChI=1S/C13H26F2N2O2/c1-10(2)16-13(3,12(18)19-5)7-6-8-17(4)9-11(14)15/h10-11,16H,6-9H2,1-5H3. The number of alkyl halides is 2. The van der Waals surface area contributed by atoms with E-state index < -0.39 is 12.0 Å². The van der Waals surface area contributed by atoms with E-state index in [-0.39, 0.29) is 18.6 Å². The van der Waals surface area contributed by atoms with Crippen LogP contribution in [0.25, 0.3) is 0 Å². The van der Waals surface area contributed by atoms with Crippen LogP contribution >= 0.6 is 0 Å². The number of ether oxygens (including phenoxy) is 1. The molecular weight excluding hydrogens is 254 g/mol. The molecule has 0 bridgehead atoms. The predicted octanol–water partition coefficient (Wildman–Crippen LogP) is 1.89. The summed E-state index contributed by atoms with van der Waals surface area (Å²) in [6.07, 6.45) is -1.13. The van der Waals surface area contributed by atoms with Gasteiger partial charge in [0, 0.05) is 6.04 Å². The SMILES string of the molecule is COC(=O)C(C)(CCCN(C)CC(F)F)NC(C)C. The second kappa shape index (κ2) is 8.43. The first kappa shape index (κ1) is 18.2. The molecule has 19 heavy (non-hydrogen) atoms. The lowest BCUT2D eigenvalue weighted by Crippen LogP contribution is -2.53. The third kappa shape index (κ3) is 7.42. The van der Waals surface area contributed by atoms with Crippen LogP contribution in [0.5, 0.6) is 0 Å². The van der Waals surface area contributed by atoms with Crippen molar-refractivity contribution in [2.24, 2.45) is 0 Å². The highest BCUT2D eigenvalue weighted by molar-refractivity contribution is 5.80. The molecule has 0 spiro atoms. The molecule has 1 N–H and O–H groups in total.